The van der Waals surface area contributed by atoms with Crippen LogP contribution in [0.2, 0.25) is 15.1 Å². The van der Waals surface area contributed by atoms with Gasteiger partial charge in [0.2, 0.25) is 0 Å². The number of nitrogens with zero attached hydrogens (tertiary/aromatic N) is 1. The number of amides is 2. The van der Waals surface area contributed by atoms with Crippen molar-refractivity contribution in [1.29, 1.82) is 0 Å². The number of imide groups is 1. The third-order valence-corrected chi connectivity index (χ3v) is 6.46. The van der Waals surface area contributed by atoms with E-state index >= 15 is 0 Å². The van der Waals surface area contributed by atoms with Crippen LogP contribution in [0.25, 0.3) is 6.08 Å². The van der Waals surface area contributed by atoms with Crippen molar-refractivity contribution in [3.05, 3.63) is 103 Å². The maximum Gasteiger partial charge on any atom is 0.293 e. The van der Waals surface area contributed by atoms with Gasteiger partial charge >= 0.3 is 0 Å². The Morgan fingerprint density at radius 2 is 1.56 bits per heavy atom. The molecule has 1 heterocycles. The van der Waals surface area contributed by atoms with Crippen LogP contribution in [0.3, 0.4) is 0 Å². The summed E-state index contributed by atoms with van der Waals surface area (Å²) < 4.78 is 5.78. The molecule has 0 unspecified atom stereocenters. The molecule has 1 aliphatic rings. The van der Waals surface area contributed by atoms with Crippen LogP contribution in [0.5, 0.6) is 5.75 Å². The minimum Gasteiger partial charge on any atom is -0.489 e. The van der Waals surface area contributed by atoms with Crippen molar-refractivity contribution in [2.45, 2.75) is 13.2 Å². The maximum absolute atomic E-state index is 12.8. The number of carbonyl (C=O) groups is 2. The highest BCUT2D eigenvalue weighted by molar-refractivity contribution is 8.18. The van der Waals surface area contributed by atoms with Crippen molar-refractivity contribution in [3.8, 4) is 5.75 Å². The van der Waals surface area contributed by atoms with Gasteiger partial charge in [-0.05, 0) is 70.9 Å². The standard InChI is InChI=1S/C24H16Cl3NO3S/c25-18-6-1-16(2-7-18)14-31-20-9-3-15(4-10-20)11-22-23(29)28(24(30)32-22)13-17-5-8-19(26)12-21(17)27/h1-12H,13-14H2/b22-11+. The lowest BCUT2D eigenvalue weighted by molar-refractivity contribution is -0.123. The van der Waals surface area contributed by atoms with Crippen molar-refractivity contribution in [1.82, 2.24) is 4.90 Å². The molecule has 4 nitrogen and oxygen atoms in total. The van der Waals surface area contributed by atoms with Crippen molar-refractivity contribution in [2.75, 3.05) is 0 Å². The fourth-order valence-corrected chi connectivity index (χ4v) is 4.45. The molecule has 3 aromatic carbocycles. The smallest absolute Gasteiger partial charge is 0.293 e. The second-order valence-electron chi connectivity index (χ2n) is 6.99. The molecule has 0 saturated carbocycles. The number of thioether (sulfide) groups is 1. The Morgan fingerprint density at radius 1 is 0.875 bits per heavy atom. The van der Waals surface area contributed by atoms with Gasteiger partial charge in [-0.2, -0.15) is 0 Å². The first-order valence-electron chi connectivity index (χ1n) is 9.55. The summed E-state index contributed by atoms with van der Waals surface area (Å²) in [5, 5.41) is 1.25. The lowest BCUT2D eigenvalue weighted by atomic mass is 10.2. The number of hydrogen-bond donors (Lipinski definition) is 0. The van der Waals surface area contributed by atoms with Crippen molar-refractivity contribution >= 4 is 63.8 Å². The SMILES string of the molecule is O=C1S/C(=C/c2ccc(OCc3ccc(Cl)cc3)cc2)C(=O)N1Cc1ccc(Cl)cc1Cl. The number of carbonyl (C=O) groups excluding carboxylic acids is 2. The van der Waals surface area contributed by atoms with Crippen LogP contribution >= 0.6 is 46.6 Å². The maximum atomic E-state index is 12.8. The van der Waals surface area contributed by atoms with Gasteiger partial charge in [0.25, 0.3) is 11.1 Å². The summed E-state index contributed by atoms with van der Waals surface area (Å²) in [6.07, 6.45) is 1.69. The van der Waals surface area contributed by atoms with Crippen LogP contribution in [0, 0.1) is 0 Å². The molecule has 32 heavy (non-hydrogen) atoms. The van der Waals surface area contributed by atoms with Crippen LogP contribution in [-0.2, 0) is 17.9 Å². The van der Waals surface area contributed by atoms with Gasteiger partial charge in [0, 0.05) is 15.1 Å². The van der Waals surface area contributed by atoms with Crippen molar-refractivity contribution in [3.63, 3.8) is 0 Å². The Balaban J connectivity index is 1.41. The molecule has 1 saturated heterocycles. The molecule has 4 rings (SSSR count). The average Bonchev–Trinajstić information content (AvgIpc) is 3.03. The Bertz CT molecular complexity index is 1190. The number of benzene rings is 3. The molecule has 0 bridgehead atoms. The summed E-state index contributed by atoms with van der Waals surface area (Å²) in [5.74, 6) is 0.344. The monoisotopic (exact) mass is 503 g/mol. The Labute approximate surface area is 204 Å². The van der Waals surface area contributed by atoms with Gasteiger partial charge in [-0.25, -0.2) is 0 Å². The van der Waals surface area contributed by atoms with E-state index in [9.17, 15) is 9.59 Å². The molecule has 1 fully saturated rings. The first kappa shape index (κ1) is 22.7. The zero-order valence-electron chi connectivity index (χ0n) is 16.6. The van der Waals surface area contributed by atoms with E-state index in [1.165, 1.54) is 4.90 Å². The molecule has 8 heteroatoms. The van der Waals surface area contributed by atoms with E-state index in [0.717, 1.165) is 22.9 Å². The van der Waals surface area contributed by atoms with Crippen molar-refractivity contribution in [2.24, 2.45) is 0 Å². The highest BCUT2D eigenvalue weighted by Gasteiger charge is 2.35. The van der Waals surface area contributed by atoms with Gasteiger partial charge < -0.3 is 4.74 Å². The van der Waals surface area contributed by atoms with Gasteiger partial charge in [0.1, 0.15) is 12.4 Å². The predicted molar refractivity (Wildman–Crippen MR) is 130 cm³/mol. The van der Waals surface area contributed by atoms with E-state index in [2.05, 4.69) is 0 Å². The van der Waals surface area contributed by atoms with E-state index in [1.807, 2.05) is 48.5 Å². The third-order valence-electron chi connectivity index (χ3n) is 4.71. The lowest BCUT2D eigenvalue weighted by Gasteiger charge is -2.13. The summed E-state index contributed by atoms with van der Waals surface area (Å²) in [7, 11) is 0. The Hall–Kier alpha value is -2.44. The molecule has 3 aromatic rings. The van der Waals surface area contributed by atoms with E-state index in [-0.39, 0.29) is 17.7 Å². The van der Waals surface area contributed by atoms with Crippen LogP contribution < -0.4 is 4.74 Å². The summed E-state index contributed by atoms with van der Waals surface area (Å²) in [4.78, 5) is 26.7. The van der Waals surface area contributed by atoms with E-state index in [1.54, 1.807) is 24.3 Å². The van der Waals surface area contributed by atoms with Crippen LogP contribution in [-0.4, -0.2) is 16.0 Å². The summed E-state index contributed by atoms with van der Waals surface area (Å²) in [6.45, 7) is 0.512. The fraction of sp³-hybridized carbons (Fsp3) is 0.0833. The van der Waals surface area contributed by atoms with Gasteiger partial charge in [-0.1, -0.05) is 65.1 Å². The normalized spacial score (nSPS) is 15.0. The number of ether oxygens (including phenoxy) is 1. The zero-order valence-corrected chi connectivity index (χ0v) is 19.6. The van der Waals surface area contributed by atoms with Crippen LogP contribution in [0.15, 0.2) is 71.6 Å². The largest absolute Gasteiger partial charge is 0.489 e. The molecule has 1 aliphatic heterocycles. The molecular weight excluding hydrogens is 489 g/mol. The number of hydrogen-bond acceptors (Lipinski definition) is 4. The summed E-state index contributed by atoms with van der Waals surface area (Å²) >= 11 is 18.9. The van der Waals surface area contributed by atoms with E-state index < -0.39 is 0 Å². The second kappa shape index (κ2) is 10.0. The molecule has 0 aliphatic carbocycles. The fourth-order valence-electron chi connectivity index (χ4n) is 3.02. The van der Waals surface area contributed by atoms with E-state index in [0.29, 0.717) is 37.9 Å². The number of rotatable bonds is 6. The minimum absolute atomic E-state index is 0.0927. The molecule has 0 atom stereocenters. The quantitative estimate of drug-likeness (QED) is 0.327. The lowest BCUT2D eigenvalue weighted by Crippen LogP contribution is -2.27. The highest BCUT2D eigenvalue weighted by atomic mass is 35.5. The van der Waals surface area contributed by atoms with Gasteiger partial charge in [0.15, 0.2) is 0 Å². The number of halogens is 3. The highest BCUT2D eigenvalue weighted by Crippen LogP contribution is 2.34. The van der Waals surface area contributed by atoms with Gasteiger partial charge in [-0.15, -0.1) is 0 Å². The molecule has 0 spiro atoms. The summed E-state index contributed by atoms with van der Waals surface area (Å²) in [5.41, 5.74) is 2.45. The topological polar surface area (TPSA) is 46.6 Å². The third kappa shape index (κ3) is 5.48. The van der Waals surface area contributed by atoms with Crippen molar-refractivity contribution < 1.29 is 14.3 Å². The van der Waals surface area contributed by atoms with E-state index in [4.69, 9.17) is 39.5 Å². The molecule has 0 aromatic heterocycles. The van der Waals surface area contributed by atoms with Crippen LogP contribution in [0.1, 0.15) is 16.7 Å². The second-order valence-corrected chi connectivity index (χ2v) is 9.26. The summed E-state index contributed by atoms with van der Waals surface area (Å²) in [6, 6.07) is 19.7. The molecule has 0 N–H and O–H groups in total. The predicted octanol–water partition coefficient (Wildman–Crippen LogP) is 7.46. The first-order chi connectivity index (χ1) is 15.4. The first-order valence-corrected chi connectivity index (χ1v) is 11.5. The van der Waals surface area contributed by atoms with Gasteiger partial charge in [0.05, 0.1) is 11.4 Å². The Kier molecular flexibility index (Phi) is 7.11. The molecule has 162 valence electrons. The Morgan fingerprint density at radius 3 is 2.25 bits per heavy atom. The average molecular weight is 505 g/mol. The van der Waals surface area contributed by atoms with Gasteiger partial charge in [-0.3, -0.25) is 14.5 Å². The molecular formula is C24H16Cl3NO3S. The van der Waals surface area contributed by atoms with Crippen LogP contribution in [0.4, 0.5) is 4.79 Å². The zero-order chi connectivity index (χ0) is 22.7. The minimum atomic E-state index is -0.353. The molecule has 0 radical (unpaired) electrons. The molecule has 2 amide bonds.